The van der Waals surface area contributed by atoms with Crippen molar-refractivity contribution in [2.75, 3.05) is 13.2 Å². The molecule has 0 spiro atoms. The molecule has 3 saturated carbocycles. The van der Waals surface area contributed by atoms with Crippen LogP contribution >= 0.6 is 0 Å². The van der Waals surface area contributed by atoms with Gasteiger partial charge in [0.25, 0.3) is 0 Å². The summed E-state index contributed by atoms with van der Waals surface area (Å²) < 4.78 is 22.4. The Hall–Kier alpha value is -2.41. The van der Waals surface area contributed by atoms with Gasteiger partial charge in [-0.1, -0.05) is 51.9 Å². The SMILES string of the molecule is CCCCCC1CCC(C2CCC(C(=O)Oc3ccc(OC(=O)C4CCC(OCCCCCCOC(C)=O)CC4)cc3)CC2)CC1. The monoisotopic (exact) mass is 640 g/mol. The molecule has 0 N–H and O–H groups in total. The van der Waals surface area contributed by atoms with Crippen LogP contribution in [0.1, 0.15) is 142 Å². The zero-order chi connectivity index (χ0) is 32.6. The highest BCUT2D eigenvalue weighted by Gasteiger charge is 2.34. The molecule has 1 aromatic rings. The van der Waals surface area contributed by atoms with Crippen molar-refractivity contribution in [3.8, 4) is 11.5 Å². The van der Waals surface area contributed by atoms with Crippen molar-refractivity contribution in [2.45, 2.75) is 148 Å². The zero-order valence-electron chi connectivity index (χ0n) is 28.7. The van der Waals surface area contributed by atoms with Crippen LogP contribution < -0.4 is 9.47 Å². The van der Waals surface area contributed by atoms with Crippen molar-refractivity contribution < 1.29 is 33.3 Å². The van der Waals surface area contributed by atoms with Gasteiger partial charge in [-0.05, 0) is 125 Å². The van der Waals surface area contributed by atoms with E-state index in [1.54, 1.807) is 24.3 Å². The number of benzene rings is 1. The first-order chi connectivity index (χ1) is 22.4. The molecule has 3 aliphatic rings. The second-order valence-corrected chi connectivity index (χ2v) is 14.3. The number of esters is 3. The van der Waals surface area contributed by atoms with Gasteiger partial charge in [0.05, 0.1) is 24.5 Å². The summed E-state index contributed by atoms with van der Waals surface area (Å²) in [6, 6.07) is 6.90. The van der Waals surface area contributed by atoms with Crippen molar-refractivity contribution in [2.24, 2.45) is 29.6 Å². The van der Waals surface area contributed by atoms with Gasteiger partial charge in [0.1, 0.15) is 11.5 Å². The molecule has 1 aromatic carbocycles. The molecule has 3 aliphatic carbocycles. The topological polar surface area (TPSA) is 88.1 Å². The summed E-state index contributed by atoms with van der Waals surface area (Å²) in [7, 11) is 0. The Morgan fingerprint density at radius 3 is 1.63 bits per heavy atom. The number of rotatable bonds is 17. The maximum atomic E-state index is 12.9. The summed E-state index contributed by atoms with van der Waals surface area (Å²) >= 11 is 0. The van der Waals surface area contributed by atoms with E-state index in [0.29, 0.717) is 18.1 Å². The van der Waals surface area contributed by atoms with Crippen molar-refractivity contribution in [1.29, 1.82) is 0 Å². The Labute approximate surface area is 277 Å². The average Bonchev–Trinajstić information content (AvgIpc) is 3.07. The highest BCUT2D eigenvalue weighted by molar-refractivity contribution is 5.76. The molecule has 0 saturated heterocycles. The molecule has 0 bridgehead atoms. The number of carbonyl (C=O) groups excluding carboxylic acids is 3. The number of unbranched alkanes of at least 4 members (excludes halogenated alkanes) is 5. The summed E-state index contributed by atoms with van der Waals surface area (Å²) in [5, 5.41) is 0. The molecular formula is C39H60O7. The van der Waals surface area contributed by atoms with Crippen LogP contribution in [0, 0.1) is 29.6 Å². The molecule has 0 unspecified atom stereocenters. The van der Waals surface area contributed by atoms with Gasteiger partial charge < -0.3 is 18.9 Å². The van der Waals surface area contributed by atoms with E-state index in [1.165, 1.54) is 58.3 Å². The highest BCUT2D eigenvalue weighted by atomic mass is 16.5. The van der Waals surface area contributed by atoms with Crippen LogP contribution in [0.15, 0.2) is 24.3 Å². The molecule has 0 radical (unpaired) electrons. The average molecular weight is 641 g/mol. The van der Waals surface area contributed by atoms with Gasteiger partial charge in [-0.25, -0.2) is 0 Å². The fourth-order valence-electron chi connectivity index (χ4n) is 7.92. The standard InChI is InChI=1S/C39H60O7/c1-3-4-7-10-30-11-13-31(14-12-30)32-15-17-33(18-16-32)38(41)45-36-23-25-37(26-24-36)46-39(42)34-19-21-35(22-20-34)44-28-9-6-5-8-27-43-29(2)40/h23-26,30-35H,3-22,27-28H2,1-2H3. The largest absolute Gasteiger partial charge is 0.466 e. The highest BCUT2D eigenvalue weighted by Crippen LogP contribution is 2.42. The Balaban J connectivity index is 1.06. The summed E-state index contributed by atoms with van der Waals surface area (Å²) in [5.41, 5.74) is 0. The second kappa shape index (κ2) is 20.1. The summed E-state index contributed by atoms with van der Waals surface area (Å²) in [6.45, 7) is 4.94. The first-order valence-electron chi connectivity index (χ1n) is 18.7. The third-order valence-electron chi connectivity index (χ3n) is 10.8. The summed E-state index contributed by atoms with van der Waals surface area (Å²) in [6.07, 6.45) is 22.7. The lowest BCUT2D eigenvalue weighted by Gasteiger charge is -2.37. The van der Waals surface area contributed by atoms with Gasteiger partial charge in [-0.3, -0.25) is 14.4 Å². The van der Waals surface area contributed by atoms with Crippen molar-refractivity contribution in [3.05, 3.63) is 24.3 Å². The van der Waals surface area contributed by atoms with Gasteiger partial charge in [0, 0.05) is 13.5 Å². The van der Waals surface area contributed by atoms with Gasteiger partial charge in [0.2, 0.25) is 0 Å². The van der Waals surface area contributed by atoms with Crippen LogP contribution in [0.3, 0.4) is 0 Å². The van der Waals surface area contributed by atoms with Gasteiger partial charge in [-0.2, -0.15) is 0 Å². The maximum Gasteiger partial charge on any atom is 0.314 e. The van der Waals surface area contributed by atoms with E-state index in [-0.39, 0.29) is 35.8 Å². The molecule has 7 heteroatoms. The van der Waals surface area contributed by atoms with Crippen LogP contribution in [0.5, 0.6) is 11.5 Å². The molecule has 46 heavy (non-hydrogen) atoms. The fourth-order valence-corrected chi connectivity index (χ4v) is 7.92. The Kier molecular flexibility index (Phi) is 15.9. The molecule has 4 rings (SSSR count). The smallest absolute Gasteiger partial charge is 0.314 e. The molecule has 258 valence electrons. The minimum absolute atomic E-state index is 0.0167. The first-order valence-corrected chi connectivity index (χ1v) is 18.7. The van der Waals surface area contributed by atoms with E-state index in [2.05, 4.69) is 6.92 Å². The third-order valence-corrected chi connectivity index (χ3v) is 10.8. The lowest BCUT2D eigenvalue weighted by atomic mass is 9.68. The molecule has 3 fully saturated rings. The van der Waals surface area contributed by atoms with E-state index in [9.17, 15) is 14.4 Å². The molecular weight excluding hydrogens is 580 g/mol. The minimum Gasteiger partial charge on any atom is -0.466 e. The Morgan fingerprint density at radius 1 is 0.609 bits per heavy atom. The van der Waals surface area contributed by atoms with Crippen LogP contribution in [0.4, 0.5) is 0 Å². The normalized spacial score (nSPS) is 26.7. The van der Waals surface area contributed by atoms with Gasteiger partial charge in [0.15, 0.2) is 0 Å². The van der Waals surface area contributed by atoms with Crippen molar-refractivity contribution >= 4 is 17.9 Å². The van der Waals surface area contributed by atoms with E-state index in [4.69, 9.17) is 18.9 Å². The summed E-state index contributed by atoms with van der Waals surface area (Å²) in [4.78, 5) is 36.5. The van der Waals surface area contributed by atoms with E-state index in [0.717, 1.165) is 101 Å². The minimum atomic E-state index is -0.222. The molecule has 0 atom stereocenters. The Morgan fingerprint density at radius 2 is 1.11 bits per heavy atom. The molecule has 0 aliphatic heterocycles. The lowest BCUT2D eigenvalue weighted by Crippen LogP contribution is -2.30. The number of hydrogen-bond donors (Lipinski definition) is 0. The van der Waals surface area contributed by atoms with E-state index in [1.807, 2.05) is 0 Å². The zero-order valence-corrected chi connectivity index (χ0v) is 28.7. The summed E-state index contributed by atoms with van der Waals surface area (Å²) in [5.74, 6) is 2.90. The first kappa shape index (κ1) is 36.4. The molecule has 0 amide bonds. The van der Waals surface area contributed by atoms with Gasteiger partial charge >= 0.3 is 17.9 Å². The second-order valence-electron chi connectivity index (χ2n) is 14.3. The quantitative estimate of drug-likeness (QED) is 0.0952. The fraction of sp³-hybridized carbons (Fsp3) is 0.769. The number of ether oxygens (including phenoxy) is 4. The molecule has 0 aromatic heterocycles. The van der Waals surface area contributed by atoms with Crippen LogP contribution in [0.25, 0.3) is 0 Å². The Bertz CT molecular complexity index is 1030. The number of hydrogen-bond acceptors (Lipinski definition) is 7. The molecule has 0 heterocycles. The van der Waals surface area contributed by atoms with Crippen LogP contribution in [-0.2, 0) is 23.9 Å². The van der Waals surface area contributed by atoms with Crippen LogP contribution in [-0.4, -0.2) is 37.2 Å². The van der Waals surface area contributed by atoms with Crippen molar-refractivity contribution in [1.82, 2.24) is 0 Å². The third kappa shape index (κ3) is 12.7. The predicted molar refractivity (Wildman–Crippen MR) is 180 cm³/mol. The lowest BCUT2D eigenvalue weighted by molar-refractivity contribution is -0.142. The van der Waals surface area contributed by atoms with Crippen LogP contribution in [0.2, 0.25) is 0 Å². The maximum absolute atomic E-state index is 12.9. The number of carbonyl (C=O) groups is 3. The van der Waals surface area contributed by atoms with E-state index >= 15 is 0 Å². The molecule has 7 nitrogen and oxygen atoms in total. The van der Waals surface area contributed by atoms with Gasteiger partial charge in [-0.15, -0.1) is 0 Å². The predicted octanol–water partition coefficient (Wildman–Crippen LogP) is 9.39. The van der Waals surface area contributed by atoms with E-state index < -0.39 is 0 Å². The van der Waals surface area contributed by atoms with Crippen molar-refractivity contribution in [3.63, 3.8) is 0 Å².